The van der Waals surface area contributed by atoms with E-state index in [-0.39, 0.29) is 5.54 Å². The van der Waals surface area contributed by atoms with E-state index in [1.807, 2.05) is 11.3 Å². The summed E-state index contributed by atoms with van der Waals surface area (Å²) in [6.07, 6.45) is 5.14. The van der Waals surface area contributed by atoms with Crippen molar-refractivity contribution in [1.29, 1.82) is 0 Å². The molecule has 1 N–H and O–H groups in total. The minimum Gasteiger partial charge on any atom is -0.308 e. The van der Waals surface area contributed by atoms with E-state index in [9.17, 15) is 0 Å². The number of nitrogens with zero attached hydrogens (tertiary/aromatic N) is 1. The summed E-state index contributed by atoms with van der Waals surface area (Å²) in [5, 5.41) is 7.10. The molecular weight excluding hydrogens is 228 g/mol. The summed E-state index contributed by atoms with van der Waals surface area (Å²) in [5.74, 6) is 1.41. The lowest BCUT2D eigenvalue weighted by Crippen LogP contribution is -2.37. The maximum atomic E-state index is 4.86. The van der Waals surface area contributed by atoms with Crippen LogP contribution in [0.2, 0.25) is 0 Å². The summed E-state index contributed by atoms with van der Waals surface area (Å²) in [6.45, 7) is 6.74. The first-order chi connectivity index (χ1) is 8.11. The number of thiazole rings is 1. The second-order valence-electron chi connectivity index (χ2n) is 5.58. The average molecular weight is 252 g/mol. The second kappa shape index (κ2) is 5.07. The Labute approximate surface area is 109 Å². The highest BCUT2D eigenvalue weighted by molar-refractivity contribution is 7.09. The summed E-state index contributed by atoms with van der Waals surface area (Å²) in [7, 11) is 2.09. The molecule has 0 bridgehead atoms. The highest BCUT2D eigenvalue weighted by atomic mass is 32.1. The smallest absolute Gasteiger partial charge is 0.113 e. The van der Waals surface area contributed by atoms with Crippen molar-refractivity contribution in [3.8, 4) is 0 Å². The van der Waals surface area contributed by atoms with Crippen LogP contribution in [0.15, 0.2) is 5.38 Å². The van der Waals surface area contributed by atoms with E-state index in [1.165, 1.54) is 36.4 Å². The lowest BCUT2D eigenvalue weighted by Gasteiger charge is -2.26. The number of rotatable bonds is 4. The van der Waals surface area contributed by atoms with E-state index in [4.69, 9.17) is 4.98 Å². The molecule has 0 spiro atoms. The maximum absolute atomic E-state index is 4.86. The lowest BCUT2D eigenvalue weighted by molar-refractivity contribution is 0.350. The van der Waals surface area contributed by atoms with Crippen molar-refractivity contribution in [2.75, 3.05) is 7.05 Å². The normalized spacial score (nSPS) is 29.1. The van der Waals surface area contributed by atoms with Gasteiger partial charge in [-0.1, -0.05) is 27.2 Å². The predicted molar refractivity (Wildman–Crippen MR) is 74.6 cm³/mol. The summed E-state index contributed by atoms with van der Waals surface area (Å²) >= 11 is 1.84. The van der Waals surface area contributed by atoms with Crippen molar-refractivity contribution in [2.45, 2.75) is 57.9 Å². The van der Waals surface area contributed by atoms with Gasteiger partial charge in [0.2, 0.25) is 0 Å². The van der Waals surface area contributed by atoms with Gasteiger partial charge in [0.05, 0.1) is 11.2 Å². The summed E-state index contributed by atoms with van der Waals surface area (Å²) in [6, 6.07) is 0. The van der Waals surface area contributed by atoms with Gasteiger partial charge in [0, 0.05) is 5.38 Å². The SMILES string of the molecule is CCC1CCC(NC)(c2nc(C(C)C)cs2)C1. The number of hydrogen-bond acceptors (Lipinski definition) is 3. The molecule has 0 amide bonds. The highest BCUT2D eigenvalue weighted by Gasteiger charge is 2.40. The van der Waals surface area contributed by atoms with Gasteiger partial charge < -0.3 is 5.32 Å². The van der Waals surface area contributed by atoms with Gasteiger partial charge in [-0.05, 0) is 38.1 Å². The maximum Gasteiger partial charge on any atom is 0.113 e. The van der Waals surface area contributed by atoms with Gasteiger partial charge in [-0.2, -0.15) is 0 Å². The van der Waals surface area contributed by atoms with Crippen LogP contribution in [0, 0.1) is 5.92 Å². The van der Waals surface area contributed by atoms with Gasteiger partial charge in [0.25, 0.3) is 0 Å². The predicted octanol–water partition coefficient (Wildman–Crippen LogP) is 3.89. The van der Waals surface area contributed by atoms with E-state index in [0.717, 1.165) is 5.92 Å². The molecule has 96 valence electrons. The molecule has 1 aromatic heterocycles. The average Bonchev–Trinajstić information content (AvgIpc) is 2.96. The first-order valence-corrected chi connectivity index (χ1v) is 7.64. The summed E-state index contributed by atoms with van der Waals surface area (Å²) < 4.78 is 0. The second-order valence-corrected chi connectivity index (χ2v) is 6.44. The van der Waals surface area contributed by atoms with Crippen molar-refractivity contribution in [2.24, 2.45) is 5.92 Å². The molecule has 1 aromatic rings. The third-order valence-electron chi connectivity index (χ3n) is 4.20. The number of aromatic nitrogens is 1. The van der Waals surface area contributed by atoms with Crippen molar-refractivity contribution >= 4 is 11.3 Å². The van der Waals surface area contributed by atoms with Crippen LogP contribution in [0.4, 0.5) is 0 Å². The molecule has 0 aliphatic heterocycles. The number of nitrogens with one attached hydrogen (secondary N) is 1. The summed E-state index contributed by atoms with van der Waals surface area (Å²) in [4.78, 5) is 4.86. The van der Waals surface area contributed by atoms with Crippen LogP contribution in [0.1, 0.15) is 63.1 Å². The molecule has 2 nitrogen and oxygen atoms in total. The van der Waals surface area contributed by atoms with Crippen LogP contribution in [0.3, 0.4) is 0 Å². The Bertz CT molecular complexity index is 372. The fourth-order valence-electron chi connectivity index (χ4n) is 2.80. The van der Waals surface area contributed by atoms with Gasteiger partial charge >= 0.3 is 0 Å². The molecule has 1 fully saturated rings. The fraction of sp³-hybridized carbons (Fsp3) is 0.786. The Kier molecular flexibility index (Phi) is 3.88. The third-order valence-corrected chi connectivity index (χ3v) is 5.26. The van der Waals surface area contributed by atoms with Gasteiger partial charge in [0.1, 0.15) is 5.01 Å². The fourth-order valence-corrected chi connectivity index (χ4v) is 4.02. The molecule has 0 aromatic carbocycles. The molecule has 3 heteroatoms. The van der Waals surface area contributed by atoms with Gasteiger partial charge in [0.15, 0.2) is 0 Å². The van der Waals surface area contributed by atoms with Crippen molar-refractivity contribution in [1.82, 2.24) is 10.3 Å². The van der Waals surface area contributed by atoms with Crippen LogP contribution >= 0.6 is 11.3 Å². The Balaban J connectivity index is 2.23. The minimum atomic E-state index is 0.165. The van der Waals surface area contributed by atoms with Crippen molar-refractivity contribution in [3.05, 3.63) is 16.1 Å². The molecule has 1 aliphatic carbocycles. The minimum absolute atomic E-state index is 0.165. The Morgan fingerprint density at radius 2 is 2.35 bits per heavy atom. The monoisotopic (exact) mass is 252 g/mol. The first-order valence-electron chi connectivity index (χ1n) is 6.76. The first kappa shape index (κ1) is 13.0. The molecule has 0 saturated heterocycles. The van der Waals surface area contributed by atoms with Gasteiger partial charge in [-0.25, -0.2) is 4.98 Å². The topological polar surface area (TPSA) is 24.9 Å². The molecule has 1 aliphatic rings. The Morgan fingerprint density at radius 1 is 1.59 bits per heavy atom. The molecule has 1 saturated carbocycles. The molecule has 2 unspecified atom stereocenters. The van der Waals surface area contributed by atoms with E-state index in [1.54, 1.807) is 0 Å². The quantitative estimate of drug-likeness (QED) is 0.879. The number of hydrogen-bond donors (Lipinski definition) is 1. The zero-order valence-electron chi connectivity index (χ0n) is 11.4. The zero-order chi connectivity index (χ0) is 12.5. The van der Waals surface area contributed by atoms with Crippen molar-refractivity contribution in [3.63, 3.8) is 0 Å². The van der Waals surface area contributed by atoms with Crippen molar-refractivity contribution < 1.29 is 0 Å². The van der Waals surface area contributed by atoms with Crippen LogP contribution in [-0.2, 0) is 5.54 Å². The van der Waals surface area contributed by atoms with E-state index < -0.39 is 0 Å². The van der Waals surface area contributed by atoms with E-state index in [0.29, 0.717) is 5.92 Å². The molecule has 2 atom stereocenters. The molecular formula is C14H24N2S. The van der Waals surface area contributed by atoms with Crippen LogP contribution < -0.4 is 5.32 Å². The van der Waals surface area contributed by atoms with Crippen LogP contribution in [-0.4, -0.2) is 12.0 Å². The van der Waals surface area contributed by atoms with Crippen LogP contribution in [0.5, 0.6) is 0 Å². The third kappa shape index (κ3) is 2.41. The molecule has 1 heterocycles. The van der Waals surface area contributed by atoms with Gasteiger partial charge in [-0.3, -0.25) is 0 Å². The van der Waals surface area contributed by atoms with E-state index in [2.05, 4.69) is 38.5 Å². The Hall–Kier alpha value is -0.410. The molecule has 0 radical (unpaired) electrons. The molecule has 17 heavy (non-hydrogen) atoms. The highest BCUT2D eigenvalue weighted by Crippen LogP contribution is 2.44. The standard InChI is InChI=1S/C14H24N2S/c1-5-11-6-7-14(8-11,15-4)13-16-12(9-17-13)10(2)3/h9-11,15H,5-8H2,1-4H3. The van der Waals surface area contributed by atoms with Gasteiger partial charge in [-0.15, -0.1) is 11.3 Å². The van der Waals surface area contributed by atoms with E-state index >= 15 is 0 Å². The Morgan fingerprint density at radius 3 is 2.82 bits per heavy atom. The summed E-state index contributed by atoms with van der Waals surface area (Å²) in [5.41, 5.74) is 1.41. The largest absolute Gasteiger partial charge is 0.308 e. The lowest BCUT2D eigenvalue weighted by atomic mass is 9.96. The zero-order valence-corrected chi connectivity index (χ0v) is 12.2. The van der Waals surface area contributed by atoms with Crippen LogP contribution in [0.25, 0.3) is 0 Å². The molecule has 2 rings (SSSR count).